The minimum absolute atomic E-state index is 0.162. The second-order valence-corrected chi connectivity index (χ2v) is 3.97. The Balaban J connectivity index is 2.03. The van der Waals surface area contributed by atoms with Crippen LogP contribution in [0.4, 0.5) is 4.39 Å². The van der Waals surface area contributed by atoms with Crippen molar-refractivity contribution in [3.05, 3.63) is 35.1 Å². The molecule has 0 spiro atoms. The van der Waals surface area contributed by atoms with Crippen LogP contribution in [-0.4, -0.2) is 18.3 Å². The molecule has 1 atom stereocenters. The average Bonchev–Trinajstić information content (AvgIpc) is 2.62. The van der Waals surface area contributed by atoms with Crippen LogP contribution >= 0.6 is 0 Å². The molecule has 0 bridgehead atoms. The maximum Gasteiger partial charge on any atom is 0.123 e. The zero-order valence-corrected chi connectivity index (χ0v) is 8.67. The fourth-order valence-electron chi connectivity index (χ4n) is 2.14. The predicted molar refractivity (Wildman–Crippen MR) is 57.2 cm³/mol. The normalized spacial score (nSPS) is 19.2. The van der Waals surface area contributed by atoms with Gasteiger partial charge >= 0.3 is 0 Å². The van der Waals surface area contributed by atoms with Crippen molar-refractivity contribution in [1.29, 1.82) is 0 Å². The number of hydrogen-bond acceptors (Lipinski definition) is 2. The van der Waals surface area contributed by atoms with Crippen molar-refractivity contribution in [2.45, 2.75) is 25.3 Å². The third-order valence-electron chi connectivity index (χ3n) is 2.91. The zero-order valence-electron chi connectivity index (χ0n) is 8.67. The quantitative estimate of drug-likeness (QED) is 0.741. The van der Waals surface area contributed by atoms with Gasteiger partial charge in [0.1, 0.15) is 5.82 Å². The molecular formula is C12H16FNO. The molecule has 0 radical (unpaired) electrons. The lowest BCUT2D eigenvalue weighted by Gasteiger charge is -2.13. The number of hydrogen-bond donors (Lipinski definition) is 2. The van der Waals surface area contributed by atoms with Gasteiger partial charge < -0.3 is 10.4 Å². The second-order valence-electron chi connectivity index (χ2n) is 3.97. The summed E-state index contributed by atoms with van der Waals surface area (Å²) in [6.45, 7) is 0.993. The Morgan fingerprint density at radius 3 is 3.13 bits per heavy atom. The number of aryl methyl sites for hydroxylation is 1. The molecule has 3 heteroatoms. The van der Waals surface area contributed by atoms with Crippen LogP contribution in [0.2, 0.25) is 0 Å². The molecule has 0 heterocycles. The van der Waals surface area contributed by atoms with Crippen LogP contribution in [0, 0.1) is 5.82 Å². The molecular weight excluding hydrogens is 193 g/mol. The number of rotatable bonds is 4. The van der Waals surface area contributed by atoms with E-state index < -0.39 is 0 Å². The molecule has 15 heavy (non-hydrogen) atoms. The van der Waals surface area contributed by atoms with Crippen molar-refractivity contribution >= 4 is 0 Å². The lowest BCUT2D eigenvalue weighted by molar-refractivity contribution is 0.283. The molecule has 1 aliphatic rings. The van der Waals surface area contributed by atoms with E-state index in [1.165, 1.54) is 11.6 Å². The van der Waals surface area contributed by atoms with E-state index in [-0.39, 0.29) is 18.5 Å². The van der Waals surface area contributed by atoms with Crippen molar-refractivity contribution in [2.75, 3.05) is 13.2 Å². The summed E-state index contributed by atoms with van der Waals surface area (Å²) in [5.74, 6) is -0.162. The first-order chi connectivity index (χ1) is 7.31. The lowest BCUT2D eigenvalue weighted by Crippen LogP contribution is -2.21. The number of benzene rings is 1. The SMILES string of the molecule is OCCCNC1CCc2ccc(F)cc21. The second kappa shape index (κ2) is 4.73. The molecule has 0 saturated heterocycles. The van der Waals surface area contributed by atoms with E-state index in [1.54, 1.807) is 6.07 Å². The Kier molecular flexibility index (Phi) is 3.34. The van der Waals surface area contributed by atoms with Gasteiger partial charge in [-0.25, -0.2) is 4.39 Å². The van der Waals surface area contributed by atoms with Gasteiger partial charge in [0.25, 0.3) is 0 Å². The van der Waals surface area contributed by atoms with Crippen molar-refractivity contribution in [2.24, 2.45) is 0 Å². The van der Waals surface area contributed by atoms with E-state index in [9.17, 15) is 4.39 Å². The molecule has 0 aromatic heterocycles. The van der Waals surface area contributed by atoms with Crippen LogP contribution in [-0.2, 0) is 6.42 Å². The van der Waals surface area contributed by atoms with Gasteiger partial charge in [-0.15, -0.1) is 0 Å². The van der Waals surface area contributed by atoms with Gasteiger partial charge in [0.2, 0.25) is 0 Å². The highest BCUT2D eigenvalue weighted by molar-refractivity contribution is 5.34. The minimum atomic E-state index is -0.162. The van der Waals surface area contributed by atoms with Crippen molar-refractivity contribution in [3.8, 4) is 0 Å². The van der Waals surface area contributed by atoms with Gasteiger partial charge in [-0.3, -0.25) is 0 Å². The van der Waals surface area contributed by atoms with Crippen LogP contribution in [0.1, 0.15) is 30.0 Å². The summed E-state index contributed by atoms with van der Waals surface area (Å²) in [5.41, 5.74) is 2.34. The van der Waals surface area contributed by atoms with Crippen molar-refractivity contribution < 1.29 is 9.50 Å². The highest BCUT2D eigenvalue weighted by atomic mass is 19.1. The first-order valence-corrected chi connectivity index (χ1v) is 5.44. The Labute approximate surface area is 89.1 Å². The number of halogens is 1. The first kappa shape index (κ1) is 10.6. The number of fused-ring (bicyclic) bond motifs is 1. The summed E-state index contributed by atoms with van der Waals surface area (Å²) in [7, 11) is 0. The van der Waals surface area contributed by atoms with Gasteiger partial charge in [0.05, 0.1) is 0 Å². The third-order valence-corrected chi connectivity index (χ3v) is 2.91. The van der Waals surface area contributed by atoms with E-state index in [0.717, 1.165) is 31.4 Å². The molecule has 2 rings (SSSR count). The molecule has 1 aromatic rings. The Morgan fingerprint density at radius 2 is 2.33 bits per heavy atom. The standard InChI is InChI=1S/C12H16FNO/c13-10-4-2-9-3-5-12(11(9)8-10)14-6-1-7-15/h2,4,8,12,14-15H,1,3,5-7H2. The Morgan fingerprint density at radius 1 is 1.47 bits per heavy atom. The molecule has 0 saturated carbocycles. The highest BCUT2D eigenvalue weighted by Gasteiger charge is 2.21. The molecule has 0 aliphatic heterocycles. The maximum absolute atomic E-state index is 13.1. The zero-order chi connectivity index (χ0) is 10.7. The number of aliphatic hydroxyl groups is 1. The predicted octanol–water partition coefficient (Wildman–Crippen LogP) is 1.78. The fourth-order valence-corrected chi connectivity index (χ4v) is 2.14. The number of aliphatic hydroxyl groups excluding tert-OH is 1. The topological polar surface area (TPSA) is 32.3 Å². The van der Waals surface area contributed by atoms with Gasteiger partial charge in [0.15, 0.2) is 0 Å². The van der Waals surface area contributed by atoms with E-state index in [1.807, 2.05) is 6.07 Å². The number of nitrogens with one attached hydrogen (secondary N) is 1. The molecule has 2 nitrogen and oxygen atoms in total. The van der Waals surface area contributed by atoms with Gasteiger partial charge in [-0.1, -0.05) is 6.07 Å². The average molecular weight is 209 g/mol. The van der Waals surface area contributed by atoms with Crippen LogP contribution in [0.5, 0.6) is 0 Å². The van der Waals surface area contributed by atoms with Crippen LogP contribution < -0.4 is 5.32 Å². The summed E-state index contributed by atoms with van der Waals surface area (Å²) < 4.78 is 13.1. The minimum Gasteiger partial charge on any atom is -0.396 e. The summed E-state index contributed by atoms with van der Waals surface area (Å²) in [6, 6.07) is 5.29. The van der Waals surface area contributed by atoms with Crippen molar-refractivity contribution in [3.63, 3.8) is 0 Å². The Hall–Kier alpha value is -0.930. The van der Waals surface area contributed by atoms with Crippen LogP contribution in [0.15, 0.2) is 18.2 Å². The molecule has 0 fully saturated rings. The molecule has 1 unspecified atom stereocenters. The van der Waals surface area contributed by atoms with Gasteiger partial charge in [-0.05, 0) is 49.1 Å². The molecule has 0 amide bonds. The molecule has 1 aliphatic carbocycles. The van der Waals surface area contributed by atoms with E-state index in [0.29, 0.717) is 0 Å². The van der Waals surface area contributed by atoms with Gasteiger partial charge in [0, 0.05) is 12.6 Å². The van der Waals surface area contributed by atoms with E-state index in [4.69, 9.17) is 5.11 Å². The molecule has 1 aromatic carbocycles. The summed E-state index contributed by atoms with van der Waals surface area (Å²) >= 11 is 0. The van der Waals surface area contributed by atoms with E-state index >= 15 is 0 Å². The largest absolute Gasteiger partial charge is 0.396 e. The first-order valence-electron chi connectivity index (χ1n) is 5.44. The smallest absolute Gasteiger partial charge is 0.123 e. The molecule has 2 N–H and O–H groups in total. The fraction of sp³-hybridized carbons (Fsp3) is 0.500. The highest BCUT2D eigenvalue weighted by Crippen LogP contribution is 2.31. The summed E-state index contributed by atoms with van der Waals surface area (Å²) in [5, 5.41) is 12.0. The summed E-state index contributed by atoms with van der Waals surface area (Å²) in [4.78, 5) is 0. The van der Waals surface area contributed by atoms with E-state index in [2.05, 4.69) is 5.32 Å². The lowest BCUT2D eigenvalue weighted by atomic mass is 10.1. The van der Waals surface area contributed by atoms with Crippen LogP contribution in [0.25, 0.3) is 0 Å². The van der Waals surface area contributed by atoms with Crippen LogP contribution in [0.3, 0.4) is 0 Å². The monoisotopic (exact) mass is 209 g/mol. The summed E-state index contributed by atoms with van der Waals surface area (Å²) in [6.07, 6.45) is 2.80. The Bertz CT molecular complexity index is 340. The van der Waals surface area contributed by atoms with Crippen molar-refractivity contribution in [1.82, 2.24) is 5.32 Å². The van der Waals surface area contributed by atoms with Gasteiger partial charge in [-0.2, -0.15) is 0 Å². The maximum atomic E-state index is 13.1. The third kappa shape index (κ3) is 2.36. The molecule has 82 valence electrons.